The summed E-state index contributed by atoms with van der Waals surface area (Å²) in [6.45, 7) is 5.28. The largest absolute Gasteiger partial charge is 0.507 e. The molecule has 168 valence electrons. The third-order valence-electron chi connectivity index (χ3n) is 5.58. The van der Waals surface area contributed by atoms with Gasteiger partial charge >= 0.3 is 0 Å². The van der Waals surface area contributed by atoms with Crippen LogP contribution in [0.2, 0.25) is 5.02 Å². The van der Waals surface area contributed by atoms with E-state index in [4.69, 9.17) is 21.1 Å². The molecule has 0 saturated heterocycles. The maximum Gasteiger partial charge on any atom is 0.273 e. The standard InChI is InChI=1S/C24H26ClN3O4/c1-4-9-32-16-7-5-6-15(12-16)23-20-21(17-13-18(25)14(2)11-19(17)29)26-27-22(20)24(30)28(23)8-10-31-3/h5-7,11-13,23,29H,4,8-10H2,1-3H3,(H,26,27). The lowest BCUT2D eigenvalue weighted by atomic mass is 9.95. The number of nitrogens with one attached hydrogen (secondary N) is 1. The van der Waals surface area contributed by atoms with Crippen LogP contribution in [0.3, 0.4) is 0 Å². The van der Waals surface area contributed by atoms with Crippen molar-refractivity contribution in [3.63, 3.8) is 0 Å². The lowest BCUT2D eigenvalue weighted by Crippen LogP contribution is -2.32. The van der Waals surface area contributed by atoms with E-state index in [9.17, 15) is 9.90 Å². The van der Waals surface area contributed by atoms with Crippen molar-refractivity contribution in [2.24, 2.45) is 0 Å². The van der Waals surface area contributed by atoms with Gasteiger partial charge in [-0.1, -0.05) is 30.7 Å². The second kappa shape index (κ2) is 9.22. The molecule has 7 nitrogen and oxygen atoms in total. The van der Waals surface area contributed by atoms with Crippen molar-refractivity contribution >= 4 is 17.5 Å². The van der Waals surface area contributed by atoms with Gasteiger partial charge in [-0.2, -0.15) is 5.10 Å². The number of phenols is 1. The minimum Gasteiger partial charge on any atom is -0.507 e. The number of hydrogen-bond acceptors (Lipinski definition) is 5. The second-order valence-corrected chi connectivity index (χ2v) is 8.20. The second-order valence-electron chi connectivity index (χ2n) is 7.79. The lowest BCUT2D eigenvalue weighted by Gasteiger charge is -2.26. The Kier molecular flexibility index (Phi) is 6.39. The number of H-pyrrole nitrogens is 1. The van der Waals surface area contributed by atoms with Gasteiger partial charge in [0.1, 0.15) is 22.9 Å². The van der Waals surface area contributed by atoms with Crippen molar-refractivity contribution in [1.82, 2.24) is 15.1 Å². The average Bonchev–Trinajstić information content (AvgIpc) is 3.32. The Labute approximate surface area is 191 Å². The highest BCUT2D eigenvalue weighted by molar-refractivity contribution is 6.31. The third kappa shape index (κ3) is 3.94. The van der Waals surface area contributed by atoms with Crippen molar-refractivity contribution in [3.05, 3.63) is 63.8 Å². The summed E-state index contributed by atoms with van der Waals surface area (Å²) in [7, 11) is 1.60. The molecule has 1 amide bonds. The molecule has 1 aliphatic rings. The van der Waals surface area contributed by atoms with E-state index in [1.54, 1.807) is 24.1 Å². The van der Waals surface area contributed by atoms with Crippen LogP contribution >= 0.6 is 11.6 Å². The molecule has 0 aliphatic carbocycles. The van der Waals surface area contributed by atoms with Gasteiger partial charge in [-0.25, -0.2) is 0 Å². The maximum atomic E-state index is 13.3. The third-order valence-corrected chi connectivity index (χ3v) is 5.99. The Morgan fingerprint density at radius 2 is 2.06 bits per heavy atom. The smallest absolute Gasteiger partial charge is 0.273 e. The van der Waals surface area contributed by atoms with Crippen LogP contribution in [0, 0.1) is 6.92 Å². The predicted octanol–water partition coefficient (Wildman–Crippen LogP) is 4.72. The minimum atomic E-state index is -0.411. The van der Waals surface area contributed by atoms with E-state index in [0.29, 0.717) is 47.3 Å². The molecule has 0 fully saturated rings. The fourth-order valence-corrected chi connectivity index (χ4v) is 4.18. The number of nitrogens with zero attached hydrogens (tertiary/aromatic N) is 2. The first-order chi connectivity index (χ1) is 15.5. The van der Waals surface area contributed by atoms with Crippen LogP contribution < -0.4 is 4.74 Å². The quantitative estimate of drug-likeness (QED) is 0.513. The number of hydrogen-bond donors (Lipinski definition) is 2. The van der Waals surface area contributed by atoms with Crippen molar-refractivity contribution < 1.29 is 19.4 Å². The number of aromatic amines is 1. The summed E-state index contributed by atoms with van der Waals surface area (Å²) in [5.74, 6) is 0.629. The molecule has 0 bridgehead atoms. The molecule has 0 radical (unpaired) electrons. The fourth-order valence-electron chi connectivity index (χ4n) is 4.02. The lowest BCUT2D eigenvalue weighted by molar-refractivity contribution is 0.0677. The summed E-state index contributed by atoms with van der Waals surface area (Å²) in [6.07, 6.45) is 0.898. The number of benzene rings is 2. The molecule has 2 N–H and O–H groups in total. The van der Waals surface area contributed by atoms with Gasteiger partial charge in [0.25, 0.3) is 5.91 Å². The van der Waals surface area contributed by atoms with Crippen molar-refractivity contribution in [3.8, 4) is 22.8 Å². The first kappa shape index (κ1) is 22.2. The SMILES string of the molecule is CCCOc1cccc(C2c3c(-c4cc(Cl)c(C)cc4O)n[nH]c3C(=O)N2CCOC)c1. The number of aromatic nitrogens is 2. The normalized spacial score (nSPS) is 15.3. The summed E-state index contributed by atoms with van der Waals surface area (Å²) in [5, 5.41) is 18.4. The molecule has 2 aromatic carbocycles. The summed E-state index contributed by atoms with van der Waals surface area (Å²) >= 11 is 6.34. The van der Waals surface area contributed by atoms with Crippen LogP contribution in [-0.2, 0) is 4.74 Å². The van der Waals surface area contributed by atoms with Gasteiger partial charge in [0.2, 0.25) is 0 Å². The zero-order valence-electron chi connectivity index (χ0n) is 18.3. The number of carbonyl (C=O) groups is 1. The summed E-state index contributed by atoms with van der Waals surface area (Å²) in [6, 6.07) is 10.6. The number of rotatable bonds is 8. The van der Waals surface area contributed by atoms with Crippen LogP contribution in [0.15, 0.2) is 36.4 Å². The Morgan fingerprint density at radius 3 is 2.81 bits per heavy atom. The van der Waals surface area contributed by atoms with Crippen LogP contribution in [-0.4, -0.2) is 53.0 Å². The zero-order valence-corrected chi connectivity index (χ0v) is 19.1. The molecule has 4 rings (SSSR count). The van der Waals surface area contributed by atoms with Gasteiger partial charge in [0, 0.05) is 29.8 Å². The van der Waals surface area contributed by atoms with E-state index < -0.39 is 6.04 Å². The Balaban J connectivity index is 1.85. The van der Waals surface area contributed by atoms with Crippen molar-refractivity contribution in [1.29, 1.82) is 0 Å². The Hall–Kier alpha value is -3.03. The molecular weight excluding hydrogens is 430 g/mol. The summed E-state index contributed by atoms with van der Waals surface area (Å²) in [4.78, 5) is 15.0. The monoisotopic (exact) mass is 455 g/mol. The number of phenolic OH excluding ortho intramolecular Hbond substituents is 1. The van der Waals surface area contributed by atoms with E-state index in [-0.39, 0.29) is 11.7 Å². The van der Waals surface area contributed by atoms with Gasteiger partial charge in [0.05, 0.1) is 19.3 Å². The van der Waals surface area contributed by atoms with Gasteiger partial charge in [0.15, 0.2) is 0 Å². The topological polar surface area (TPSA) is 87.7 Å². The number of aromatic hydroxyl groups is 1. The summed E-state index contributed by atoms with van der Waals surface area (Å²) in [5.41, 5.74) is 3.73. The average molecular weight is 456 g/mol. The molecule has 0 saturated carbocycles. The maximum absolute atomic E-state index is 13.3. The number of ether oxygens (including phenoxy) is 2. The number of amides is 1. The van der Waals surface area contributed by atoms with Gasteiger partial charge in [-0.05, 0) is 48.7 Å². The first-order valence-electron chi connectivity index (χ1n) is 10.6. The highest BCUT2D eigenvalue weighted by Crippen LogP contribution is 2.45. The zero-order chi connectivity index (χ0) is 22.8. The van der Waals surface area contributed by atoms with E-state index >= 15 is 0 Å². The van der Waals surface area contributed by atoms with E-state index in [1.807, 2.05) is 31.2 Å². The van der Waals surface area contributed by atoms with E-state index in [0.717, 1.165) is 23.3 Å². The van der Waals surface area contributed by atoms with Crippen LogP contribution in [0.5, 0.6) is 11.5 Å². The van der Waals surface area contributed by atoms with Crippen LogP contribution in [0.4, 0.5) is 0 Å². The van der Waals surface area contributed by atoms with Gasteiger partial charge in [-0.3, -0.25) is 9.89 Å². The minimum absolute atomic E-state index is 0.0581. The highest BCUT2D eigenvalue weighted by Gasteiger charge is 2.42. The van der Waals surface area contributed by atoms with Gasteiger partial charge < -0.3 is 19.5 Å². The molecule has 2 heterocycles. The van der Waals surface area contributed by atoms with E-state index in [1.165, 1.54) is 0 Å². The molecule has 3 aromatic rings. The molecular formula is C24H26ClN3O4. The molecule has 1 aromatic heterocycles. The number of halogens is 1. The molecule has 32 heavy (non-hydrogen) atoms. The Bertz CT molecular complexity index is 1140. The van der Waals surface area contributed by atoms with Crippen LogP contribution in [0.1, 0.15) is 46.6 Å². The highest BCUT2D eigenvalue weighted by atomic mass is 35.5. The Morgan fingerprint density at radius 1 is 1.25 bits per heavy atom. The predicted molar refractivity (Wildman–Crippen MR) is 122 cm³/mol. The molecule has 1 atom stereocenters. The number of carbonyl (C=O) groups excluding carboxylic acids is 1. The fraction of sp³-hybridized carbons (Fsp3) is 0.333. The number of fused-ring (bicyclic) bond motifs is 1. The van der Waals surface area contributed by atoms with Crippen LogP contribution in [0.25, 0.3) is 11.3 Å². The number of aryl methyl sites for hydroxylation is 1. The van der Waals surface area contributed by atoms with Crippen molar-refractivity contribution in [2.75, 3.05) is 26.9 Å². The van der Waals surface area contributed by atoms with Gasteiger partial charge in [-0.15, -0.1) is 0 Å². The molecule has 8 heteroatoms. The molecule has 1 aliphatic heterocycles. The number of methoxy groups -OCH3 is 1. The van der Waals surface area contributed by atoms with Crippen molar-refractivity contribution in [2.45, 2.75) is 26.3 Å². The molecule has 0 spiro atoms. The summed E-state index contributed by atoms with van der Waals surface area (Å²) < 4.78 is 11.1. The first-order valence-corrected chi connectivity index (χ1v) is 10.9. The van der Waals surface area contributed by atoms with E-state index in [2.05, 4.69) is 17.1 Å². The molecule has 1 unspecified atom stereocenters.